The van der Waals surface area contributed by atoms with Crippen LogP contribution in [-0.2, 0) is 15.8 Å². The quantitative estimate of drug-likeness (QED) is 0.694. The Balaban J connectivity index is 2.82. The van der Waals surface area contributed by atoms with Crippen LogP contribution in [0.4, 0.5) is 0 Å². The molecule has 0 saturated carbocycles. The van der Waals surface area contributed by atoms with Crippen molar-refractivity contribution in [3.8, 4) is 11.5 Å². The number of nitrogens with zero attached hydrogens (tertiary/aromatic N) is 1. The number of benzene rings is 2. The molecule has 1 amide bonds. The van der Waals surface area contributed by atoms with Crippen LogP contribution in [0.25, 0.3) is 0 Å². The van der Waals surface area contributed by atoms with E-state index in [0.717, 1.165) is 5.56 Å². The van der Waals surface area contributed by atoms with Crippen LogP contribution >= 0.6 is 0 Å². The molecule has 6 heteroatoms. The molecule has 0 bridgehead atoms. The van der Waals surface area contributed by atoms with Gasteiger partial charge in [-0.2, -0.15) is 0 Å². The summed E-state index contributed by atoms with van der Waals surface area (Å²) in [4.78, 5) is 13.2. The molecular weight excluding hydrogens is 380 g/mol. The molecule has 0 fully saturated rings. The van der Waals surface area contributed by atoms with E-state index in [-0.39, 0.29) is 18.1 Å². The highest BCUT2D eigenvalue weighted by molar-refractivity contribution is 5.75. The lowest BCUT2D eigenvalue weighted by Crippen LogP contribution is -2.47. The molecule has 0 heterocycles. The molecule has 0 aromatic heterocycles. The van der Waals surface area contributed by atoms with Crippen molar-refractivity contribution in [2.45, 2.75) is 44.8 Å². The van der Waals surface area contributed by atoms with E-state index in [4.69, 9.17) is 15.2 Å². The number of hydrogen-bond donors (Lipinski definition) is 2. The molecule has 6 nitrogen and oxygen atoms in total. The smallest absolute Gasteiger partial charge is 0.255 e. The Labute approximate surface area is 179 Å². The second-order valence-corrected chi connectivity index (χ2v) is 8.82. The fraction of sp³-hybridized carbons (Fsp3) is 0.458. The van der Waals surface area contributed by atoms with Gasteiger partial charge in [0.1, 0.15) is 17.1 Å². The monoisotopic (exact) mass is 414 g/mol. The molecule has 0 unspecified atom stereocenters. The second-order valence-electron chi connectivity index (χ2n) is 8.82. The maximum absolute atomic E-state index is 12.3. The number of hydrogen-bond acceptors (Lipinski definition) is 5. The van der Waals surface area contributed by atoms with Crippen molar-refractivity contribution in [2.75, 3.05) is 27.8 Å². The number of primary amides is 1. The highest BCUT2D eigenvalue weighted by Gasteiger charge is 2.43. The van der Waals surface area contributed by atoms with Crippen LogP contribution in [-0.4, -0.2) is 49.8 Å². The topological polar surface area (TPSA) is 85.0 Å². The minimum absolute atomic E-state index is 0.120. The fourth-order valence-electron chi connectivity index (χ4n) is 3.50. The van der Waals surface area contributed by atoms with Gasteiger partial charge in [0.05, 0.1) is 7.11 Å². The number of ether oxygens (including phenoxy) is 2. The molecule has 2 rings (SSSR count). The zero-order chi connectivity index (χ0) is 22.7. The summed E-state index contributed by atoms with van der Waals surface area (Å²) in [6.45, 7) is 8.03. The molecule has 2 aromatic rings. The third kappa shape index (κ3) is 4.77. The first kappa shape index (κ1) is 23.7. The predicted molar refractivity (Wildman–Crippen MR) is 119 cm³/mol. The highest BCUT2D eigenvalue weighted by Crippen LogP contribution is 2.44. The first-order chi connectivity index (χ1) is 13.9. The van der Waals surface area contributed by atoms with Crippen LogP contribution in [0.3, 0.4) is 0 Å². The van der Waals surface area contributed by atoms with Crippen LogP contribution in [0, 0.1) is 0 Å². The third-order valence-electron chi connectivity index (χ3n) is 5.52. The summed E-state index contributed by atoms with van der Waals surface area (Å²) in [5.74, 6) is 0.390. The van der Waals surface area contributed by atoms with E-state index in [9.17, 15) is 9.90 Å². The van der Waals surface area contributed by atoms with Gasteiger partial charge in [-0.15, -0.1) is 0 Å². The first-order valence-corrected chi connectivity index (χ1v) is 10.0. The molecule has 0 radical (unpaired) electrons. The van der Waals surface area contributed by atoms with Crippen molar-refractivity contribution in [3.05, 3.63) is 59.2 Å². The van der Waals surface area contributed by atoms with E-state index in [1.54, 1.807) is 25.3 Å². The van der Waals surface area contributed by atoms with Crippen molar-refractivity contribution in [1.82, 2.24) is 4.90 Å². The summed E-state index contributed by atoms with van der Waals surface area (Å²) in [5, 5.41) is 12.3. The lowest BCUT2D eigenvalue weighted by atomic mass is 9.76. The molecule has 30 heavy (non-hydrogen) atoms. The normalized spacial score (nSPS) is 14.8. The van der Waals surface area contributed by atoms with Gasteiger partial charge in [-0.3, -0.25) is 4.79 Å². The number of aliphatic hydroxyl groups is 1. The van der Waals surface area contributed by atoms with E-state index in [1.165, 1.54) is 0 Å². The Morgan fingerprint density at radius 1 is 1.10 bits per heavy atom. The van der Waals surface area contributed by atoms with Crippen LogP contribution in [0.5, 0.6) is 11.5 Å². The molecule has 2 atom stereocenters. The lowest BCUT2D eigenvalue weighted by molar-refractivity contribution is -0.120. The van der Waals surface area contributed by atoms with Crippen LogP contribution in [0.1, 0.15) is 44.4 Å². The van der Waals surface area contributed by atoms with Gasteiger partial charge in [-0.25, -0.2) is 0 Å². The van der Waals surface area contributed by atoms with Gasteiger partial charge in [0.2, 0.25) is 0 Å². The summed E-state index contributed by atoms with van der Waals surface area (Å²) < 4.78 is 11.3. The summed E-state index contributed by atoms with van der Waals surface area (Å²) in [6, 6.07) is 12.7. The number of rotatable bonds is 8. The number of para-hydroxylation sites is 1. The molecular formula is C24H34N2O4. The van der Waals surface area contributed by atoms with E-state index in [2.05, 4.69) is 20.8 Å². The predicted octanol–water partition coefficient (Wildman–Crippen LogP) is 3.04. The standard InChI is InChI=1S/C24H34N2O4/c1-16(26(5)6)24(28,18-10-8-9-11-21(18)30-15-22(25)27)19-14-17(23(2,3)4)12-13-20(19)29-7/h8-14,16,28H,15H2,1-7H3,(H2,25,27)/t16-,24+/m0/s1. The second kappa shape index (κ2) is 9.06. The maximum atomic E-state index is 12.3. The van der Waals surface area contributed by atoms with Crippen molar-refractivity contribution in [1.29, 1.82) is 0 Å². The zero-order valence-corrected chi connectivity index (χ0v) is 19.0. The SMILES string of the molecule is COc1ccc(C(C)(C)C)cc1[C@](O)(c1ccccc1OCC(N)=O)[C@H](C)N(C)C. The number of nitrogens with two attached hydrogens (primary N) is 1. The van der Waals surface area contributed by atoms with Gasteiger partial charge < -0.3 is 25.2 Å². The summed E-state index contributed by atoms with van der Waals surface area (Å²) in [5.41, 5.74) is 5.92. The minimum Gasteiger partial charge on any atom is -0.496 e. The van der Waals surface area contributed by atoms with Crippen molar-refractivity contribution >= 4 is 5.91 Å². The van der Waals surface area contributed by atoms with Crippen molar-refractivity contribution in [2.24, 2.45) is 5.73 Å². The largest absolute Gasteiger partial charge is 0.496 e. The van der Waals surface area contributed by atoms with E-state index in [0.29, 0.717) is 22.6 Å². The molecule has 0 aliphatic carbocycles. The molecule has 0 spiro atoms. The third-order valence-corrected chi connectivity index (χ3v) is 5.52. The van der Waals surface area contributed by atoms with E-state index < -0.39 is 11.5 Å². The zero-order valence-electron chi connectivity index (χ0n) is 19.0. The number of likely N-dealkylation sites (N-methyl/N-ethyl adjacent to an activating group) is 1. The molecule has 0 aliphatic rings. The van der Waals surface area contributed by atoms with Crippen molar-refractivity contribution in [3.63, 3.8) is 0 Å². The lowest BCUT2D eigenvalue weighted by Gasteiger charge is -2.40. The molecule has 3 N–H and O–H groups in total. The first-order valence-electron chi connectivity index (χ1n) is 10.0. The summed E-state index contributed by atoms with van der Waals surface area (Å²) >= 11 is 0. The molecule has 0 aliphatic heterocycles. The summed E-state index contributed by atoms with van der Waals surface area (Å²) in [6.07, 6.45) is 0. The van der Waals surface area contributed by atoms with Crippen LogP contribution in [0.2, 0.25) is 0 Å². The van der Waals surface area contributed by atoms with E-state index >= 15 is 0 Å². The average molecular weight is 415 g/mol. The molecule has 164 valence electrons. The van der Waals surface area contributed by atoms with E-state index in [1.807, 2.05) is 50.2 Å². The average Bonchev–Trinajstić information content (AvgIpc) is 2.70. The Morgan fingerprint density at radius 2 is 1.73 bits per heavy atom. The van der Waals surface area contributed by atoms with Gasteiger partial charge in [0, 0.05) is 17.2 Å². The number of amides is 1. The van der Waals surface area contributed by atoms with Gasteiger partial charge in [-0.05, 0) is 50.2 Å². The van der Waals surface area contributed by atoms with Gasteiger partial charge in [0.25, 0.3) is 5.91 Å². The highest BCUT2D eigenvalue weighted by atomic mass is 16.5. The Bertz CT molecular complexity index is 889. The molecule has 0 saturated heterocycles. The minimum atomic E-state index is -1.48. The van der Waals surface area contributed by atoms with Crippen molar-refractivity contribution < 1.29 is 19.4 Å². The van der Waals surface area contributed by atoms with Crippen LogP contribution in [0.15, 0.2) is 42.5 Å². The maximum Gasteiger partial charge on any atom is 0.255 e. The van der Waals surface area contributed by atoms with Crippen LogP contribution < -0.4 is 15.2 Å². The van der Waals surface area contributed by atoms with Gasteiger partial charge in [0.15, 0.2) is 6.61 Å². The Morgan fingerprint density at radius 3 is 2.27 bits per heavy atom. The van der Waals surface area contributed by atoms with Gasteiger partial charge in [-0.1, -0.05) is 45.0 Å². The number of carbonyl (C=O) groups excluding carboxylic acids is 1. The summed E-state index contributed by atoms with van der Waals surface area (Å²) in [7, 11) is 5.40. The Kier molecular flexibility index (Phi) is 7.16. The van der Waals surface area contributed by atoms with Gasteiger partial charge >= 0.3 is 0 Å². The molecule has 2 aromatic carbocycles. The number of carbonyl (C=O) groups is 1. The number of methoxy groups -OCH3 is 1. The Hall–Kier alpha value is -2.57. The fourth-order valence-corrected chi connectivity index (χ4v) is 3.50.